The maximum Gasteiger partial charge on any atom is 0.238 e. The summed E-state index contributed by atoms with van der Waals surface area (Å²) in [5.74, 6) is -0.687. The van der Waals surface area contributed by atoms with E-state index in [-0.39, 0.29) is 19.1 Å². The van der Waals surface area contributed by atoms with E-state index in [4.69, 9.17) is 16.2 Å². The quantitative estimate of drug-likeness (QED) is 0.636. The average molecular weight is 278 g/mol. The fourth-order valence-electron chi connectivity index (χ4n) is 2.04. The van der Waals surface area contributed by atoms with Crippen LogP contribution in [0.3, 0.4) is 0 Å². The third kappa shape index (κ3) is 3.69. The lowest BCUT2D eigenvalue weighted by Gasteiger charge is -2.32. The Balaban J connectivity index is 1.92. The second-order valence-corrected chi connectivity index (χ2v) is 4.63. The van der Waals surface area contributed by atoms with Crippen molar-refractivity contribution in [2.75, 3.05) is 37.4 Å². The van der Waals surface area contributed by atoms with Gasteiger partial charge in [-0.15, -0.1) is 0 Å². The van der Waals surface area contributed by atoms with Crippen LogP contribution in [0.1, 0.15) is 0 Å². The molecule has 2 amide bonds. The third-order valence-corrected chi connectivity index (χ3v) is 3.11. The van der Waals surface area contributed by atoms with E-state index >= 15 is 0 Å². The summed E-state index contributed by atoms with van der Waals surface area (Å²) >= 11 is 0. The molecule has 7 heteroatoms. The van der Waals surface area contributed by atoms with Crippen molar-refractivity contribution in [3.05, 3.63) is 24.3 Å². The van der Waals surface area contributed by atoms with E-state index in [9.17, 15) is 9.59 Å². The van der Waals surface area contributed by atoms with Gasteiger partial charge in [-0.3, -0.25) is 14.5 Å². The number of ether oxygens (including phenoxy) is 1. The van der Waals surface area contributed by atoms with Gasteiger partial charge in [0, 0.05) is 17.9 Å². The van der Waals surface area contributed by atoms with Gasteiger partial charge in [-0.25, -0.2) is 0 Å². The van der Waals surface area contributed by atoms with Crippen LogP contribution in [0.15, 0.2) is 24.3 Å². The van der Waals surface area contributed by atoms with Gasteiger partial charge in [0.2, 0.25) is 11.8 Å². The molecular weight excluding hydrogens is 260 g/mol. The first-order valence-electron chi connectivity index (χ1n) is 6.33. The lowest BCUT2D eigenvalue weighted by Crippen LogP contribution is -2.54. The minimum atomic E-state index is -0.555. The zero-order valence-electron chi connectivity index (χ0n) is 11.0. The number of nitrogens with zero attached hydrogens (tertiary/aromatic N) is 1. The number of carbonyl (C=O) groups excluding carboxylic acids is 2. The SMILES string of the molecule is NC(=O)C1COCCN1CC(=O)Nc1ccc(N)cc1. The molecule has 1 aliphatic heterocycles. The van der Waals surface area contributed by atoms with Crippen molar-refractivity contribution in [3.63, 3.8) is 0 Å². The minimum Gasteiger partial charge on any atom is -0.399 e. The highest BCUT2D eigenvalue weighted by Crippen LogP contribution is 2.11. The summed E-state index contributed by atoms with van der Waals surface area (Å²) in [5, 5.41) is 2.75. The first-order chi connectivity index (χ1) is 9.56. The van der Waals surface area contributed by atoms with Crippen molar-refractivity contribution >= 4 is 23.2 Å². The van der Waals surface area contributed by atoms with E-state index in [0.29, 0.717) is 24.5 Å². The molecule has 5 N–H and O–H groups in total. The molecule has 7 nitrogen and oxygen atoms in total. The fourth-order valence-corrected chi connectivity index (χ4v) is 2.04. The fraction of sp³-hybridized carbons (Fsp3) is 0.385. The van der Waals surface area contributed by atoms with Gasteiger partial charge in [-0.05, 0) is 24.3 Å². The van der Waals surface area contributed by atoms with Crippen LogP contribution in [-0.4, -0.2) is 49.1 Å². The standard InChI is InChI=1S/C13H18N4O3/c14-9-1-3-10(4-2-9)16-12(18)7-17-5-6-20-8-11(17)13(15)19/h1-4,11H,5-8,14H2,(H2,15,19)(H,16,18). The predicted octanol–water partition coefficient (Wildman–Crippen LogP) is -0.607. The molecule has 0 aliphatic carbocycles. The Morgan fingerprint density at radius 1 is 1.35 bits per heavy atom. The molecule has 1 aromatic rings. The Morgan fingerprint density at radius 3 is 2.70 bits per heavy atom. The summed E-state index contributed by atoms with van der Waals surface area (Å²) in [6.07, 6.45) is 0. The lowest BCUT2D eigenvalue weighted by molar-refractivity contribution is -0.131. The van der Waals surface area contributed by atoms with Gasteiger partial charge in [0.25, 0.3) is 0 Å². The highest BCUT2D eigenvalue weighted by atomic mass is 16.5. The van der Waals surface area contributed by atoms with E-state index < -0.39 is 11.9 Å². The van der Waals surface area contributed by atoms with E-state index in [1.54, 1.807) is 29.2 Å². The number of hydrogen-bond acceptors (Lipinski definition) is 5. The van der Waals surface area contributed by atoms with E-state index in [1.807, 2.05) is 0 Å². The van der Waals surface area contributed by atoms with Gasteiger partial charge in [-0.1, -0.05) is 0 Å². The number of hydrogen-bond donors (Lipinski definition) is 3. The van der Waals surface area contributed by atoms with Gasteiger partial charge in [0.1, 0.15) is 6.04 Å². The maximum absolute atomic E-state index is 12.0. The number of carbonyl (C=O) groups is 2. The number of amides is 2. The Hall–Kier alpha value is -2.12. The molecule has 1 heterocycles. The molecular formula is C13H18N4O3. The van der Waals surface area contributed by atoms with Crippen LogP contribution < -0.4 is 16.8 Å². The van der Waals surface area contributed by atoms with Crippen molar-refractivity contribution in [1.29, 1.82) is 0 Å². The molecule has 0 radical (unpaired) electrons. The summed E-state index contributed by atoms with van der Waals surface area (Å²) in [5.41, 5.74) is 12.2. The first-order valence-corrected chi connectivity index (χ1v) is 6.33. The zero-order chi connectivity index (χ0) is 14.5. The van der Waals surface area contributed by atoms with Gasteiger partial charge in [0.15, 0.2) is 0 Å². The highest BCUT2D eigenvalue weighted by Gasteiger charge is 2.28. The molecule has 20 heavy (non-hydrogen) atoms. The second kappa shape index (κ2) is 6.36. The normalized spacial score (nSPS) is 19.5. The molecule has 108 valence electrons. The Kier molecular flexibility index (Phi) is 4.54. The van der Waals surface area contributed by atoms with Crippen LogP contribution in [0.25, 0.3) is 0 Å². The molecule has 0 saturated carbocycles. The van der Waals surface area contributed by atoms with Crippen LogP contribution in [-0.2, 0) is 14.3 Å². The number of nitrogens with one attached hydrogen (secondary N) is 1. The van der Waals surface area contributed by atoms with Gasteiger partial charge in [0.05, 0.1) is 19.8 Å². The second-order valence-electron chi connectivity index (χ2n) is 4.63. The third-order valence-electron chi connectivity index (χ3n) is 3.11. The van der Waals surface area contributed by atoms with E-state index in [2.05, 4.69) is 5.32 Å². The number of nitrogens with two attached hydrogens (primary N) is 2. The van der Waals surface area contributed by atoms with Crippen molar-refractivity contribution in [1.82, 2.24) is 4.90 Å². The molecule has 2 rings (SSSR count). The van der Waals surface area contributed by atoms with Crippen LogP contribution >= 0.6 is 0 Å². The number of morpholine rings is 1. The molecule has 0 bridgehead atoms. The Morgan fingerprint density at radius 2 is 2.05 bits per heavy atom. The van der Waals surface area contributed by atoms with Gasteiger partial charge < -0.3 is 21.5 Å². The van der Waals surface area contributed by atoms with Crippen molar-refractivity contribution in [3.8, 4) is 0 Å². The van der Waals surface area contributed by atoms with Gasteiger partial charge in [-0.2, -0.15) is 0 Å². The monoisotopic (exact) mass is 278 g/mol. The largest absolute Gasteiger partial charge is 0.399 e. The summed E-state index contributed by atoms with van der Waals surface area (Å²) in [6.45, 7) is 1.31. The molecule has 1 saturated heterocycles. The molecule has 1 atom stereocenters. The number of anilines is 2. The Labute approximate surface area is 116 Å². The Bertz CT molecular complexity index is 489. The van der Waals surface area contributed by atoms with Crippen LogP contribution in [0.5, 0.6) is 0 Å². The number of benzene rings is 1. The molecule has 1 aliphatic rings. The van der Waals surface area contributed by atoms with Crippen LogP contribution in [0.2, 0.25) is 0 Å². The van der Waals surface area contributed by atoms with Crippen LogP contribution in [0, 0.1) is 0 Å². The predicted molar refractivity (Wildman–Crippen MR) is 74.9 cm³/mol. The number of rotatable bonds is 4. The lowest BCUT2D eigenvalue weighted by atomic mass is 10.2. The number of nitrogen functional groups attached to an aromatic ring is 1. The molecule has 1 unspecified atom stereocenters. The molecule has 0 aromatic heterocycles. The summed E-state index contributed by atoms with van der Waals surface area (Å²) in [7, 11) is 0. The topological polar surface area (TPSA) is 111 Å². The van der Waals surface area contributed by atoms with Gasteiger partial charge >= 0.3 is 0 Å². The maximum atomic E-state index is 12.0. The average Bonchev–Trinajstić information content (AvgIpc) is 2.41. The highest BCUT2D eigenvalue weighted by molar-refractivity contribution is 5.93. The van der Waals surface area contributed by atoms with Crippen molar-refractivity contribution in [2.24, 2.45) is 5.73 Å². The number of primary amides is 1. The summed E-state index contributed by atoms with van der Waals surface area (Å²) < 4.78 is 5.20. The first kappa shape index (κ1) is 14.3. The summed E-state index contributed by atoms with van der Waals surface area (Å²) in [4.78, 5) is 25.0. The minimum absolute atomic E-state index is 0.0986. The summed E-state index contributed by atoms with van der Waals surface area (Å²) in [6, 6.07) is 6.30. The van der Waals surface area contributed by atoms with Crippen molar-refractivity contribution < 1.29 is 14.3 Å². The van der Waals surface area contributed by atoms with Crippen LogP contribution in [0.4, 0.5) is 11.4 Å². The molecule has 0 spiro atoms. The zero-order valence-corrected chi connectivity index (χ0v) is 11.0. The smallest absolute Gasteiger partial charge is 0.238 e. The van der Waals surface area contributed by atoms with E-state index in [1.165, 1.54) is 0 Å². The molecule has 1 fully saturated rings. The molecule has 1 aromatic carbocycles. The van der Waals surface area contributed by atoms with Crippen molar-refractivity contribution in [2.45, 2.75) is 6.04 Å². The van der Waals surface area contributed by atoms with E-state index in [0.717, 1.165) is 0 Å².